The van der Waals surface area contributed by atoms with Gasteiger partial charge in [0.1, 0.15) is 18.1 Å². The van der Waals surface area contributed by atoms with E-state index in [-0.39, 0.29) is 18.7 Å². The number of hydrogen-bond acceptors (Lipinski definition) is 6. The first-order chi connectivity index (χ1) is 20.7. The highest BCUT2D eigenvalue weighted by Crippen LogP contribution is 2.40. The smallest absolute Gasteiger partial charge is 0.314 e. The van der Waals surface area contributed by atoms with E-state index in [1.54, 1.807) is 0 Å². The van der Waals surface area contributed by atoms with Crippen LogP contribution in [0.15, 0.2) is 66.7 Å². The van der Waals surface area contributed by atoms with E-state index < -0.39 is 0 Å². The maximum absolute atomic E-state index is 12.2. The number of ether oxygens (including phenoxy) is 4. The molecule has 0 aromatic heterocycles. The van der Waals surface area contributed by atoms with Crippen LogP contribution in [0.25, 0.3) is 11.1 Å². The zero-order valence-electron chi connectivity index (χ0n) is 24.5. The third kappa shape index (κ3) is 6.99. The minimum absolute atomic E-state index is 0.0613. The molecule has 0 atom stereocenters. The maximum atomic E-state index is 12.2. The summed E-state index contributed by atoms with van der Waals surface area (Å²) in [5.74, 6) is 3.73. The standard InChI is InChI=1S/C36H41NO5/c1-2-32(29-14-19-33-34(22-29)41-24-40-33)35(27-12-17-31(18-13-27)42-36(38)28-8-9-28)26-10-15-30(16-11-26)39-21-20-37-23-25-6-4-3-5-7-25/h10-19,22,25,28,37H,2-9,20-21,23-24H2,1H3/b35-32+. The fourth-order valence-electron chi connectivity index (χ4n) is 5.99. The van der Waals surface area contributed by atoms with E-state index in [1.165, 1.54) is 37.7 Å². The number of hydrogen-bond donors (Lipinski definition) is 1. The van der Waals surface area contributed by atoms with Crippen LogP contribution < -0.4 is 24.3 Å². The third-order valence-electron chi connectivity index (χ3n) is 8.50. The summed E-state index contributed by atoms with van der Waals surface area (Å²) >= 11 is 0. The second-order valence-electron chi connectivity index (χ2n) is 11.6. The average molecular weight is 568 g/mol. The number of rotatable bonds is 12. The summed E-state index contributed by atoms with van der Waals surface area (Å²) in [6.45, 7) is 5.01. The summed E-state index contributed by atoms with van der Waals surface area (Å²) in [5, 5.41) is 3.58. The number of esters is 1. The molecule has 6 nitrogen and oxygen atoms in total. The Bertz CT molecular complexity index is 1390. The van der Waals surface area contributed by atoms with Crippen molar-refractivity contribution in [3.8, 4) is 23.0 Å². The summed E-state index contributed by atoms with van der Waals surface area (Å²) in [7, 11) is 0. The van der Waals surface area contributed by atoms with Gasteiger partial charge >= 0.3 is 5.97 Å². The van der Waals surface area contributed by atoms with Crippen molar-refractivity contribution in [1.29, 1.82) is 0 Å². The molecule has 0 unspecified atom stereocenters. The molecule has 2 saturated carbocycles. The van der Waals surface area contributed by atoms with Gasteiger partial charge in [0.25, 0.3) is 0 Å². The molecule has 0 spiro atoms. The Morgan fingerprint density at radius 1 is 0.810 bits per heavy atom. The van der Waals surface area contributed by atoms with Gasteiger partial charge in [-0.2, -0.15) is 0 Å². The van der Waals surface area contributed by atoms with Gasteiger partial charge in [-0.1, -0.05) is 56.5 Å². The second-order valence-corrected chi connectivity index (χ2v) is 11.6. The molecule has 0 bridgehead atoms. The lowest BCUT2D eigenvalue weighted by Crippen LogP contribution is -2.28. The van der Waals surface area contributed by atoms with Gasteiger partial charge in [0.15, 0.2) is 11.5 Å². The number of allylic oxidation sites excluding steroid dienone is 1. The van der Waals surface area contributed by atoms with Crippen LogP contribution in [0, 0.1) is 11.8 Å². The molecule has 1 N–H and O–H groups in total. The fourth-order valence-corrected chi connectivity index (χ4v) is 5.99. The minimum Gasteiger partial charge on any atom is -0.492 e. The first kappa shape index (κ1) is 28.4. The van der Waals surface area contributed by atoms with Crippen molar-refractivity contribution in [3.05, 3.63) is 83.4 Å². The molecule has 0 radical (unpaired) electrons. The molecular formula is C36H41NO5. The zero-order chi connectivity index (χ0) is 28.7. The summed E-state index contributed by atoms with van der Waals surface area (Å²) in [6, 6.07) is 22.3. The number of carbonyl (C=O) groups excluding carboxylic acids is 1. The summed E-state index contributed by atoms with van der Waals surface area (Å²) < 4.78 is 22.9. The zero-order valence-corrected chi connectivity index (χ0v) is 24.5. The van der Waals surface area contributed by atoms with Crippen LogP contribution in [-0.4, -0.2) is 32.5 Å². The molecule has 2 aliphatic carbocycles. The Kier molecular flexibility index (Phi) is 9.09. The van der Waals surface area contributed by atoms with Gasteiger partial charge in [-0.15, -0.1) is 0 Å². The van der Waals surface area contributed by atoms with Crippen molar-refractivity contribution in [1.82, 2.24) is 5.32 Å². The lowest BCUT2D eigenvalue weighted by molar-refractivity contribution is -0.135. The predicted octanol–water partition coefficient (Wildman–Crippen LogP) is 7.65. The molecular weight excluding hydrogens is 526 g/mol. The van der Waals surface area contributed by atoms with Crippen molar-refractivity contribution in [3.63, 3.8) is 0 Å². The highest BCUT2D eigenvalue weighted by Gasteiger charge is 2.31. The van der Waals surface area contributed by atoms with Crippen LogP contribution in [0.1, 0.15) is 75.0 Å². The molecule has 0 amide bonds. The lowest BCUT2D eigenvalue weighted by atomic mass is 9.88. The Morgan fingerprint density at radius 2 is 1.48 bits per heavy atom. The van der Waals surface area contributed by atoms with E-state index >= 15 is 0 Å². The highest BCUT2D eigenvalue weighted by atomic mass is 16.7. The predicted molar refractivity (Wildman–Crippen MR) is 165 cm³/mol. The van der Waals surface area contributed by atoms with Gasteiger partial charge < -0.3 is 24.3 Å². The van der Waals surface area contributed by atoms with E-state index in [2.05, 4.69) is 48.6 Å². The number of carbonyl (C=O) groups is 1. The van der Waals surface area contributed by atoms with Gasteiger partial charge in [-0.05, 0) is 109 Å². The number of fused-ring (bicyclic) bond motifs is 1. The summed E-state index contributed by atoms with van der Waals surface area (Å²) in [5.41, 5.74) is 5.55. The molecule has 220 valence electrons. The monoisotopic (exact) mass is 567 g/mol. The maximum Gasteiger partial charge on any atom is 0.314 e. The van der Waals surface area contributed by atoms with Crippen LogP contribution in [0.2, 0.25) is 0 Å². The molecule has 1 aliphatic heterocycles. The van der Waals surface area contributed by atoms with Crippen LogP contribution in [0.4, 0.5) is 0 Å². The van der Waals surface area contributed by atoms with Crippen LogP contribution in [-0.2, 0) is 4.79 Å². The van der Waals surface area contributed by atoms with E-state index in [4.69, 9.17) is 18.9 Å². The summed E-state index contributed by atoms with van der Waals surface area (Å²) in [4.78, 5) is 12.2. The minimum atomic E-state index is -0.132. The van der Waals surface area contributed by atoms with E-state index in [9.17, 15) is 4.79 Å². The lowest BCUT2D eigenvalue weighted by Gasteiger charge is -2.21. The fraction of sp³-hybridized carbons (Fsp3) is 0.417. The third-order valence-corrected chi connectivity index (χ3v) is 8.50. The van der Waals surface area contributed by atoms with Crippen LogP contribution in [0.3, 0.4) is 0 Å². The molecule has 1 heterocycles. The van der Waals surface area contributed by atoms with Crippen molar-refractivity contribution in [2.45, 2.75) is 58.3 Å². The van der Waals surface area contributed by atoms with Crippen LogP contribution in [0.5, 0.6) is 23.0 Å². The van der Waals surface area contributed by atoms with Crippen LogP contribution >= 0.6 is 0 Å². The Labute approximate surface area is 249 Å². The van der Waals surface area contributed by atoms with Crippen molar-refractivity contribution < 1.29 is 23.7 Å². The van der Waals surface area contributed by atoms with Gasteiger partial charge in [0, 0.05) is 6.54 Å². The van der Waals surface area contributed by atoms with Gasteiger partial charge in [0.2, 0.25) is 6.79 Å². The van der Waals surface area contributed by atoms with Crippen molar-refractivity contribution in [2.75, 3.05) is 26.5 Å². The normalized spacial score (nSPS) is 17.1. The van der Waals surface area contributed by atoms with E-state index in [1.807, 2.05) is 30.3 Å². The Balaban J connectivity index is 1.21. The van der Waals surface area contributed by atoms with Crippen molar-refractivity contribution >= 4 is 17.1 Å². The largest absolute Gasteiger partial charge is 0.492 e. The van der Waals surface area contributed by atoms with E-state index in [0.717, 1.165) is 77.8 Å². The SMILES string of the molecule is CC/C(=C(/c1ccc(OCCNCC2CCCCC2)cc1)c1ccc(OC(=O)C2CC2)cc1)c1ccc2c(c1)OCO2. The van der Waals surface area contributed by atoms with Gasteiger partial charge in [-0.3, -0.25) is 4.79 Å². The Morgan fingerprint density at radius 3 is 2.17 bits per heavy atom. The first-order valence-electron chi connectivity index (χ1n) is 15.6. The molecule has 42 heavy (non-hydrogen) atoms. The molecule has 6 heteroatoms. The molecule has 2 fully saturated rings. The Hall–Kier alpha value is -3.77. The molecule has 6 rings (SSSR count). The molecule has 3 aromatic carbocycles. The topological polar surface area (TPSA) is 66.0 Å². The van der Waals surface area contributed by atoms with E-state index in [0.29, 0.717) is 12.4 Å². The number of nitrogens with one attached hydrogen (secondary N) is 1. The molecule has 3 aromatic rings. The quantitative estimate of drug-likeness (QED) is 0.105. The number of benzene rings is 3. The van der Waals surface area contributed by atoms with Crippen molar-refractivity contribution in [2.24, 2.45) is 11.8 Å². The van der Waals surface area contributed by atoms with Gasteiger partial charge in [-0.25, -0.2) is 0 Å². The average Bonchev–Trinajstić information content (AvgIpc) is 3.78. The molecule has 0 saturated heterocycles. The second kappa shape index (κ2) is 13.5. The first-order valence-corrected chi connectivity index (χ1v) is 15.6. The summed E-state index contributed by atoms with van der Waals surface area (Å²) in [6.07, 6.45) is 9.52. The van der Waals surface area contributed by atoms with Gasteiger partial charge in [0.05, 0.1) is 5.92 Å². The highest BCUT2D eigenvalue weighted by molar-refractivity contribution is 5.99. The molecule has 3 aliphatic rings.